The molecule has 0 aliphatic heterocycles. The summed E-state index contributed by atoms with van der Waals surface area (Å²) in [6.45, 7) is 3.75. The van der Waals surface area contributed by atoms with Gasteiger partial charge < -0.3 is 19.5 Å². The molecule has 0 saturated heterocycles. The number of para-hydroxylation sites is 1. The van der Waals surface area contributed by atoms with E-state index in [2.05, 4.69) is 17.6 Å². The average molecular weight is 493 g/mol. The smallest absolute Gasteiger partial charge is 0.257 e. The van der Waals surface area contributed by atoms with Gasteiger partial charge >= 0.3 is 0 Å². The maximum absolute atomic E-state index is 12.5. The third-order valence-corrected chi connectivity index (χ3v) is 5.29. The maximum Gasteiger partial charge on any atom is 0.257 e. The molecule has 0 aromatic heterocycles. The fraction of sp³-hybridized carbons (Fsp3) is 0.286. The molecule has 2 N–H and O–H groups in total. The molecule has 6 nitrogen and oxygen atoms in total. The monoisotopic (exact) mass is 492 g/mol. The minimum absolute atomic E-state index is 0.219. The van der Waals surface area contributed by atoms with Gasteiger partial charge in [0.15, 0.2) is 5.11 Å². The van der Waals surface area contributed by atoms with Crippen LogP contribution in [0.1, 0.15) is 43.0 Å². The molecule has 1 amide bonds. The van der Waals surface area contributed by atoms with Crippen LogP contribution in [0, 0.1) is 0 Å². The molecule has 0 fully saturated rings. The fourth-order valence-electron chi connectivity index (χ4n) is 3.23. The lowest BCUT2D eigenvalue weighted by Gasteiger charge is -2.12. The lowest BCUT2D eigenvalue weighted by atomic mass is 10.2. The van der Waals surface area contributed by atoms with E-state index < -0.39 is 0 Å². The Kier molecular flexibility index (Phi) is 10.9. The molecule has 184 valence electrons. The zero-order valence-electron chi connectivity index (χ0n) is 20.0. The Morgan fingerprint density at radius 2 is 1.29 bits per heavy atom. The van der Waals surface area contributed by atoms with Gasteiger partial charge in [-0.2, -0.15) is 0 Å². The first-order chi connectivity index (χ1) is 17.1. The van der Waals surface area contributed by atoms with Gasteiger partial charge in [0.1, 0.15) is 30.5 Å². The maximum atomic E-state index is 12.5. The number of anilines is 1. The molecule has 0 atom stereocenters. The zero-order chi connectivity index (χ0) is 24.7. The standard InChI is InChI=1S/C28H32N2O4S/c1-2-3-4-8-19-32-25-15-11-22(12-16-25)27(31)30-28(35)29-23-13-17-26(18-14-23)34-21-20-33-24-9-6-5-7-10-24/h5-7,9-18H,2-4,8,19-21H2,1H3,(H2,29,30,31,35). The Labute approximate surface area is 212 Å². The molecule has 0 unspecified atom stereocenters. The first kappa shape index (κ1) is 26.0. The second-order valence-corrected chi connectivity index (χ2v) is 8.28. The van der Waals surface area contributed by atoms with Crippen LogP contribution >= 0.6 is 12.2 Å². The molecule has 3 aromatic carbocycles. The zero-order valence-corrected chi connectivity index (χ0v) is 20.8. The molecule has 0 bridgehead atoms. The van der Waals surface area contributed by atoms with Crippen LogP contribution in [0.4, 0.5) is 5.69 Å². The topological polar surface area (TPSA) is 68.8 Å². The summed E-state index contributed by atoms with van der Waals surface area (Å²) < 4.78 is 17.0. The predicted octanol–water partition coefficient (Wildman–Crippen LogP) is 6.23. The SMILES string of the molecule is CCCCCCOc1ccc(C(=O)NC(=S)Nc2ccc(OCCOc3ccccc3)cc2)cc1. The average Bonchev–Trinajstić information content (AvgIpc) is 2.88. The normalized spacial score (nSPS) is 10.3. The molecule has 3 aromatic rings. The summed E-state index contributed by atoms with van der Waals surface area (Å²) in [7, 11) is 0. The molecular formula is C28H32N2O4S. The van der Waals surface area contributed by atoms with Crippen molar-refractivity contribution < 1.29 is 19.0 Å². The van der Waals surface area contributed by atoms with E-state index in [0.717, 1.165) is 29.4 Å². The summed E-state index contributed by atoms with van der Waals surface area (Å²) in [5.41, 5.74) is 1.25. The highest BCUT2D eigenvalue weighted by Crippen LogP contribution is 2.17. The lowest BCUT2D eigenvalue weighted by Crippen LogP contribution is -2.34. The number of hydrogen-bond acceptors (Lipinski definition) is 5. The first-order valence-electron chi connectivity index (χ1n) is 11.9. The van der Waals surface area contributed by atoms with Crippen LogP contribution in [-0.2, 0) is 0 Å². The van der Waals surface area contributed by atoms with Gasteiger partial charge in [-0.15, -0.1) is 0 Å². The Morgan fingerprint density at radius 3 is 1.91 bits per heavy atom. The Bertz CT molecular complexity index is 1040. The molecule has 0 aliphatic rings. The summed E-state index contributed by atoms with van der Waals surface area (Å²) >= 11 is 5.28. The number of nitrogens with one attached hydrogen (secondary N) is 2. The summed E-state index contributed by atoms with van der Waals surface area (Å²) in [5, 5.41) is 5.92. The van der Waals surface area contributed by atoms with Crippen LogP contribution < -0.4 is 24.8 Å². The largest absolute Gasteiger partial charge is 0.494 e. The Hall–Kier alpha value is -3.58. The van der Waals surface area contributed by atoms with E-state index >= 15 is 0 Å². The van der Waals surface area contributed by atoms with E-state index in [1.165, 1.54) is 19.3 Å². The molecule has 0 radical (unpaired) electrons. The van der Waals surface area contributed by atoms with Gasteiger partial charge in [-0.25, -0.2) is 0 Å². The number of hydrogen-bond donors (Lipinski definition) is 2. The van der Waals surface area contributed by atoms with Gasteiger partial charge in [0.2, 0.25) is 0 Å². The number of carbonyl (C=O) groups excluding carboxylic acids is 1. The van der Waals surface area contributed by atoms with Gasteiger partial charge in [0.25, 0.3) is 5.91 Å². The summed E-state index contributed by atoms with van der Waals surface area (Å²) in [6.07, 6.45) is 4.62. The van der Waals surface area contributed by atoms with Gasteiger partial charge in [0, 0.05) is 11.3 Å². The van der Waals surface area contributed by atoms with E-state index in [9.17, 15) is 4.79 Å². The molecular weight excluding hydrogens is 460 g/mol. The van der Waals surface area contributed by atoms with Crippen LogP contribution in [-0.4, -0.2) is 30.8 Å². The second-order valence-electron chi connectivity index (χ2n) is 7.88. The number of ether oxygens (including phenoxy) is 3. The fourth-order valence-corrected chi connectivity index (χ4v) is 3.44. The minimum atomic E-state index is -0.282. The quantitative estimate of drug-likeness (QED) is 0.218. The van der Waals surface area contributed by atoms with Gasteiger partial charge in [-0.3, -0.25) is 10.1 Å². The highest BCUT2D eigenvalue weighted by atomic mass is 32.1. The molecule has 35 heavy (non-hydrogen) atoms. The second kappa shape index (κ2) is 14.6. The minimum Gasteiger partial charge on any atom is -0.494 e. The van der Waals surface area contributed by atoms with Crippen LogP contribution in [0.25, 0.3) is 0 Å². The van der Waals surface area contributed by atoms with E-state index in [4.69, 9.17) is 26.4 Å². The molecule has 7 heteroatoms. The number of benzene rings is 3. The summed E-state index contributed by atoms with van der Waals surface area (Å²) in [6, 6.07) is 24.0. The number of unbranched alkanes of at least 4 members (excludes halogenated alkanes) is 3. The van der Waals surface area contributed by atoms with Gasteiger partial charge in [0.05, 0.1) is 6.61 Å². The number of rotatable bonds is 13. The molecule has 3 rings (SSSR count). The summed E-state index contributed by atoms with van der Waals surface area (Å²) in [5.74, 6) is 2.01. The number of carbonyl (C=O) groups is 1. The predicted molar refractivity (Wildman–Crippen MR) is 144 cm³/mol. The van der Waals surface area contributed by atoms with Crippen molar-refractivity contribution in [2.75, 3.05) is 25.1 Å². The first-order valence-corrected chi connectivity index (χ1v) is 12.3. The van der Waals surface area contributed by atoms with Crippen molar-refractivity contribution in [2.45, 2.75) is 32.6 Å². The van der Waals surface area contributed by atoms with Gasteiger partial charge in [-0.1, -0.05) is 44.4 Å². The van der Waals surface area contributed by atoms with Crippen LogP contribution in [0.5, 0.6) is 17.2 Å². The van der Waals surface area contributed by atoms with Crippen molar-refractivity contribution in [3.05, 3.63) is 84.4 Å². The van der Waals surface area contributed by atoms with Crippen molar-refractivity contribution >= 4 is 28.9 Å². The lowest BCUT2D eigenvalue weighted by molar-refractivity contribution is 0.0977. The molecule has 0 aliphatic carbocycles. The van der Waals surface area contributed by atoms with Crippen molar-refractivity contribution in [1.29, 1.82) is 0 Å². The van der Waals surface area contributed by atoms with Crippen LogP contribution in [0.15, 0.2) is 78.9 Å². The third kappa shape index (κ3) is 9.66. The Balaban J connectivity index is 1.36. The molecule has 0 saturated carbocycles. The number of thiocarbonyl (C=S) groups is 1. The summed E-state index contributed by atoms with van der Waals surface area (Å²) in [4.78, 5) is 12.5. The van der Waals surface area contributed by atoms with E-state index in [1.807, 2.05) is 54.6 Å². The highest BCUT2D eigenvalue weighted by molar-refractivity contribution is 7.80. The Morgan fingerprint density at radius 1 is 0.714 bits per heavy atom. The highest BCUT2D eigenvalue weighted by Gasteiger charge is 2.08. The van der Waals surface area contributed by atoms with E-state index in [0.29, 0.717) is 25.4 Å². The van der Waals surface area contributed by atoms with Crippen molar-refractivity contribution in [3.8, 4) is 17.2 Å². The number of amides is 1. The van der Waals surface area contributed by atoms with Crippen molar-refractivity contribution in [3.63, 3.8) is 0 Å². The van der Waals surface area contributed by atoms with Crippen LogP contribution in [0.3, 0.4) is 0 Å². The van der Waals surface area contributed by atoms with Gasteiger partial charge in [-0.05, 0) is 79.3 Å². The van der Waals surface area contributed by atoms with E-state index in [-0.39, 0.29) is 11.0 Å². The molecule has 0 heterocycles. The van der Waals surface area contributed by atoms with Crippen molar-refractivity contribution in [2.24, 2.45) is 0 Å². The van der Waals surface area contributed by atoms with E-state index in [1.54, 1.807) is 24.3 Å². The molecule has 0 spiro atoms. The van der Waals surface area contributed by atoms with Crippen molar-refractivity contribution in [1.82, 2.24) is 5.32 Å². The van der Waals surface area contributed by atoms with Crippen LogP contribution in [0.2, 0.25) is 0 Å². The third-order valence-electron chi connectivity index (χ3n) is 5.09.